The van der Waals surface area contributed by atoms with Crippen molar-refractivity contribution in [3.8, 4) is 11.9 Å². The number of piperidine rings is 2. The van der Waals surface area contributed by atoms with Crippen molar-refractivity contribution in [3.63, 3.8) is 0 Å². The number of nitrogens with one attached hydrogen (secondary N) is 1. The summed E-state index contributed by atoms with van der Waals surface area (Å²) >= 11 is 0. The van der Waals surface area contributed by atoms with Gasteiger partial charge in [-0.2, -0.15) is 5.26 Å². The zero-order valence-electron chi connectivity index (χ0n) is 10.3. The van der Waals surface area contributed by atoms with E-state index in [9.17, 15) is 0 Å². The van der Waals surface area contributed by atoms with Crippen molar-refractivity contribution in [2.45, 2.75) is 50.3 Å². The van der Waals surface area contributed by atoms with Gasteiger partial charge in [-0.15, -0.1) is 0 Å². The summed E-state index contributed by atoms with van der Waals surface area (Å²) in [5.41, 5.74) is 0.606. The first-order valence-electron chi connectivity index (χ1n) is 6.62. The fourth-order valence-electron chi connectivity index (χ4n) is 3.02. The Morgan fingerprint density at radius 3 is 2.83 bits per heavy atom. The van der Waals surface area contributed by atoms with Crippen LogP contribution in [-0.4, -0.2) is 23.2 Å². The van der Waals surface area contributed by atoms with Crippen LogP contribution in [0, 0.1) is 11.3 Å². The molecule has 18 heavy (non-hydrogen) atoms. The molecule has 3 heterocycles. The average Bonchev–Trinajstić information content (AvgIpc) is 2.38. The second-order valence-corrected chi connectivity index (χ2v) is 5.20. The van der Waals surface area contributed by atoms with Crippen LogP contribution in [0.3, 0.4) is 0 Å². The summed E-state index contributed by atoms with van der Waals surface area (Å²) in [6.45, 7) is 0. The molecule has 0 aliphatic carbocycles. The summed E-state index contributed by atoms with van der Waals surface area (Å²) in [6.07, 6.45) is 7.81. The fraction of sp³-hybridized carbons (Fsp3) is 0.571. The van der Waals surface area contributed by atoms with Gasteiger partial charge in [-0.1, -0.05) is 6.42 Å². The molecule has 1 aromatic rings. The van der Waals surface area contributed by atoms with Crippen LogP contribution >= 0.6 is 0 Å². The first kappa shape index (κ1) is 11.5. The lowest BCUT2D eigenvalue weighted by Gasteiger charge is -2.40. The van der Waals surface area contributed by atoms with Crippen molar-refractivity contribution in [1.82, 2.24) is 10.3 Å². The zero-order valence-corrected chi connectivity index (χ0v) is 10.3. The number of aromatic nitrogens is 1. The lowest BCUT2D eigenvalue weighted by atomic mass is 9.85. The van der Waals surface area contributed by atoms with E-state index in [1.807, 2.05) is 0 Å². The topological polar surface area (TPSA) is 57.9 Å². The molecule has 2 aliphatic rings. The van der Waals surface area contributed by atoms with Gasteiger partial charge in [0.1, 0.15) is 6.10 Å². The van der Waals surface area contributed by atoms with Gasteiger partial charge in [0.2, 0.25) is 5.88 Å². The van der Waals surface area contributed by atoms with Gasteiger partial charge < -0.3 is 10.1 Å². The van der Waals surface area contributed by atoms with Crippen molar-refractivity contribution in [1.29, 1.82) is 5.26 Å². The van der Waals surface area contributed by atoms with Gasteiger partial charge in [-0.05, 0) is 31.7 Å². The van der Waals surface area contributed by atoms with Crippen LogP contribution in [0.1, 0.15) is 37.7 Å². The molecule has 4 nitrogen and oxygen atoms in total. The molecule has 0 saturated carbocycles. The molecule has 2 saturated heterocycles. The highest BCUT2D eigenvalue weighted by molar-refractivity contribution is 5.31. The summed E-state index contributed by atoms with van der Waals surface area (Å²) in [7, 11) is 0. The van der Waals surface area contributed by atoms with E-state index in [2.05, 4.69) is 16.4 Å². The first-order valence-corrected chi connectivity index (χ1v) is 6.62. The lowest BCUT2D eigenvalue weighted by molar-refractivity contribution is 0.0889. The molecule has 2 fully saturated rings. The maximum atomic E-state index is 8.86. The van der Waals surface area contributed by atoms with E-state index in [1.165, 1.54) is 19.3 Å². The van der Waals surface area contributed by atoms with E-state index in [0.717, 1.165) is 12.8 Å². The number of pyridine rings is 1. The molecule has 3 atom stereocenters. The number of nitriles is 1. The Morgan fingerprint density at radius 1 is 1.33 bits per heavy atom. The zero-order chi connectivity index (χ0) is 12.4. The van der Waals surface area contributed by atoms with Crippen LogP contribution in [0.15, 0.2) is 18.3 Å². The van der Waals surface area contributed by atoms with Gasteiger partial charge in [0, 0.05) is 24.3 Å². The Kier molecular flexibility index (Phi) is 3.16. The van der Waals surface area contributed by atoms with E-state index in [4.69, 9.17) is 10.00 Å². The molecular weight excluding hydrogens is 226 g/mol. The lowest BCUT2D eigenvalue weighted by Crippen LogP contribution is -2.51. The highest BCUT2D eigenvalue weighted by Gasteiger charge is 2.32. The fourth-order valence-corrected chi connectivity index (χ4v) is 3.02. The van der Waals surface area contributed by atoms with Crippen LogP contribution in [-0.2, 0) is 0 Å². The molecular formula is C14H17N3O. The van der Waals surface area contributed by atoms with Crippen LogP contribution in [0.5, 0.6) is 5.88 Å². The summed E-state index contributed by atoms with van der Waals surface area (Å²) in [6, 6.07) is 6.73. The number of ether oxygens (including phenoxy) is 1. The smallest absolute Gasteiger partial charge is 0.214 e. The Morgan fingerprint density at radius 2 is 2.11 bits per heavy atom. The molecule has 0 radical (unpaired) electrons. The van der Waals surface area contributed by atoms with Gasteiger partial charge in [-0.3, -0.25) is 0 Å². The molecule has 1 aromatic heterocycles. The Balaban J connectivity index is 1.67. The van der Waals surface area contributed by atoms with Crippen LogP contribution in [0.2, 0.25) is 0 Å². The van der Waals surface area contributed by atoms with Crippen LogP contribution in [0.4, 0.5) is 0 Å². The van der Waals surface area contributed by atoms with Gasteiger partial charge in [0.25, 0.3) is 0 Å². The van der Waals surface area contributed by atoms with Crippen LogP contribution in [0.25, 0.3) is 0 Å². The summed E-state index contributed by atoms with van der Waals surface area (Å²) in [4.78, 5) is 4.18. The molecule has 0 aromatic carbocycles. The third-order valence-corrected chi connectivity index (χ3v) is 3.82. The number of hydrogen-bond acceptors (Lipinski definition) is 4. The van der Waals surface area contributed by atoms with E-state index in [-0.39, 0.29) is 6.10 Å². The maximum absolute atomic E-state index is 8.86. The predicted octanol–water partition coefficient (Wildman–Crippen LogP) is 2.01. The summed E-state index contributed by atoms with van der Waals surface area (Å²) in [5.74, 6) is 0.582. The molecule has 94 valence electrons. The monoisotopic (exact) mass is 243 g/mol. The quantitative estimate of drug-likeness (QED) is 0.863. The standard InChI is InChI=1S/C14H17N3O/c15-9-10-4-5-16-14(6-10)18-13-7-11-2-1-3-12(8-13)17-11/h4-6,11-13,17H,1-3,7-8H2/t11-,12+,13-. The average molecular weight is 243 g/mol. The van der Waals surface area contributed by atoms with Crippen molar-refractivity contribution < 1.29 is 4.74 Å². The Bertz CT molecular complexity index is 456. The van der Waals surface area contributed by atoms with E-state index in [0.29, 0.717) is 23.5 Å². The summed E-state index contributed by atoms with van der Waals surface area (Å²) < 4.78 is 5.93. The second kappa shape index (κ2) is 4.95. The van der Waals surface area contributed by atoms with E-state index < -0.39 is 0 Å². The third kappa shape index (κ3) is 2.46. The van der Waals surface area contributed by atoms with Crippen molar-refractivity contribution in [3.05, 3.63) is 23.9 Å². The molecule has 0 amide bonds. The summed E-state index contributed by atoms with van der Waals surface area (Å²) in [5, 5.41) is 12.5. The molecule has 0 unspecified atom stereocenters. The Hall–Kier alpha value is -1.60. The highest BCUT2D eigenvalue weighted by Crippen LogP contribution is 2.28. The SMILES string of the molecule is N#Cc1ccnc(O[C@@H]2C[C@H]3CCC[C@@H](C2)N3)c1. The third-order valence-electron chi connectivity index (χ3n) is 3.82. The van der Waals surface area contributed by atoms with Crippen molar-refractivity contribution in [2.75, 3.05) is 0 Å². The molecule has 4 heteroatoms. The van der Waals surface area contributed by atoms with Gasteiger partial charge in [-0.25, -0.2) is 4.98 Å². The number of nitrogens with zero attached hydrogens (tertiary/aromatic N) is 2. The maximum Gasteiger partial charge on any atom is 0.214 e. The minimum absolute atomic E-state index is 0.239. The van der Waals surface area contributed by atoms with Gasteiger partial charge >= 0.3 is 0 Å². The highest BCUT2D eigenvalue weighted by atomic mass is 16.5. The normalized spacial score (nSPS) is 30.5. The molecule has 0 spiro atoms. The second-order valence-electron chi connectivity index (χ2n) is 5.20. The number of hydrogen-bond donors (Lipinski definition) is 1. The van der Waals surface area contributed by atoms with Crippen molar-refractivity contribution >= 4 is 0 Å². The van der Waals surface area contributed by atoms with Gasteiger partial charge in [0.05, 0.1) is 11.6 Å². The largest absolute Gasteiger partial charge is 0.474 e. The minimum Gasteiger partial charge on any atom is -0.474 e. The number of rotatable bonds is 2. The molecule has 1 N–H and O–H groups in total. The first-order chi connectivity index (χ1) is 8.83. The number of fused-ring (bicyclic) bond motifs is 2. The molecule has 2 bridgehead atoms. The van der Waals surface area contributed by atoms with E-state index >= 15 is 0 Å². The Labute approximate surface area is 107 Å². The molecule has 2 aliphatic heterocycles. The van der Waals surface area contributed by atoms with Crippen LogP contribution < -0.4 is 10.1 Å². The molecule has 3 rings (SSSR count). The van der Waals surface area contributed by atoms with Gasteiger partial charge in [0.15, 0.2) is 0 Å². The van der Waals surface area contributed by atoms with Crippen molar-refractivity contribution in [2.24, 2.45) is 0 Å². The minimum atomic E-state index is 0.239. The van der Waals surface area contributed by atoms with E-state index in [1.54, 1.807) is 18.3 Å². The predicted molar refractivity (Wildman–Crippen MR) is 67.2 cm³/mol.